The average Bonchev–Trinajstić information content (AvgIpc) is 1.61. The third-order valence-corrected chi connectivity index (χ3v) is 29.4. The number of rotatable bonds is 15. The van der Waals surface area contributed by atoms with Crippen molar-refractivity contribution in [2.75, 3.05) is 0 Å². The fourth-order valence-electron chi connectivity index (χ4n) is 20.0. The highest BCUT2D eigenvalue weighted by Crippen LogP contribution is 2.58. The molecule has 0 saturated heterocycles. The summed E-state index contributed by atoms with van der Waals surface area (Å²) in [5.74, 6) is 0. The summed E-state index contributed by atoms with van der Waals surface area (Å²) in [7, 11) is -2.55. The summed E-state index contributed by atoms with van der Waals surface area (Å²) >= 11 is 0. The summed E-state index contributed by atoms with van der Waals surface area (Å²) < 4.78 is 2.37. The van der Waals surface area contributed by atoms with Crippen molar-refractivity contribution >= 4 is 130 Å². The zero-order chi connectivity index (χ0) is 89.5. The first-order chi connectivity index (χ1) is 64.7. The smallest absolute Gasteiger partial charge is 0.119 e. The van der Waals surface area contributed by atoms with Gasteiger partial charge in [-0.25, -0.2) is 19.9 Å². The van der Waals surface area contributed by atoms with Crippen LogP contribution in [0.15, 0.2) is 401 Å². The van der Waals surface area contributed by atoms with Crippen LogP contribution < -0.4 is 0 Å². The van der Waals surface area contributed by atoms with E-state index in [1.54, 1.807) is 0 Å². The minimum Gasteiger partial charge on any atom is -0.309 e. The molecule has 1 aliphatic heterocycles. The van der Waals surface area contributed by atoms with Crippen LogP contribution >= 0.6 is 0 Å². The van der Waals surface area contributed by atoms with Gasteiger partial charge in [-0.2, -0.15) is 0 Å². The van der Waals surface area contributed by atoms with E-state index in [0.29, 0.717) is 0 Å². The number of fused-ring (bicyclic) bond motifs is 5. The predicted octanol–water partition coefficient (Wildman–Crippen LogP) is 31.6. The Labute approximate surface area is 770 Å². The molecule has 0 fully saturated rings. The van der Waals surface area contributed by atoms with Crippen LogP contribution in [0.4, 0.5) is 0 Å². The standard InChI is InChI=1S/C44H42N4Si.C40H28N2.C39H24N2/c1-27-23-29(3)39(30(4)24-27)41-42(40-31(5)25-28(2)26-32(40)6)44(38-20-14-18-36(48-38)34-16-10-12-22-46-34)49(7,8)43(41)37-19-13-17-35(47-37)33-15-9-11-21-45-33;1-3-7-31(8-4-1)33-19-25-39-35(27-33)17-23-37(41-39)21-15-29-11-13-30(14-12-29)16-22-38-24-18-36-28-34(20-26-40(36)42-38)32-9-5-2-6-10-32;1-3-9-36-32(7-1)33-8-2-4-10-37(33)41(36)29-17-11-25(12-18-29)30-19-13-26-16-22-35-31(28-6-5-23-40-24-28)20-14-27-15-21-34(30)38(26)39(27)35/h9-26H,1-8H3;1-28H;1-24H/b;21-15+,22-16+;. The second-order valence-electron chi connectivity index (χ2n) is 35.1. The van der Waals surface area contributed by atoms with E-state index in [1.165, 1.54) is 165 Å². The molecule has 0 unspecified atom stereocenters. The van der Waals surface area contributed by atoms with Crippen LogP contribution in [0.3, 0.4) is 0 Å². The normalized spacial score (nSPS) is 12.6. The fraction of sp³-hybridized carbons (Fsp3) is 0.0650. The third-order valence-electron chi connectivity index (χ3n) is 25.8. The van der Waals surface area contributed by atoms with Crippen LogP contribution in [0.1, 0.15) is 78.4 Å². The zero-order valence-corrected chi connectivity index (χ0v) is 76.0. The van der Waals surface area contributed by atoms with Crippen LogP contribution in [0.25, 0.3) is 195 Å². The van der Waals surface area contributed by atoms with Crippen molar-refractivity contribution in [1.82, 2.24) is 39.5 Å². The van der Waals surface area contributed by atoms with Crippen molar-refractivity contribution in [3.05, 3.63) is 479 Å². The molecule has 0 bridgehead atoms. The molecule has 0 aliphatic carbocycles. The lowest BCUT2D eigenvalue weighted by Crippen LogP contribution is -2.29. The molecular formula is C123H94N8Si. The molecule has 630 valence electrons. The van der Waals surface area contributed by atoms with E-state index in [9.17, 15) is 0 Å². The van der Waals surface area contributed by atoms with Gasteiger partial charge >= 0.3 is 0 Å². The number of aromatic nitrogens is 8. The number of allylic oxidation sites excluding steroid dienone is 2. The number of hydrogen-bond acceptors (Lipinski definition) is 7. The molecule has 8 nitrogen and oxygen atoms in total. The lowest BCUT2D eigenvalue weighted by molar-refractivity contribution is 1.18. The maximum absolute atomic E-state index is 5.41. The molecule has 23 rings (SSSR count). The van der Waals surface area contributed by atoms with Crippen molar-refractivity contribution in [2.24, 2.45) is 0 Å². The van der Waals surface area contributed by atoms with Gasteiger partial charge in [-0.3, -0.25) is 15.0 Å². The van der Waals surface area contributed by atoms with Crippen LogP contribution in [0, 0.1) is 41.5 Å². The number of benzene rings is 14. The van der Waals surface area contributed by atoms with Gasteiger partial charge in [0.2, 0.25) is 0 Å². The van der Waals surface area contributed by atoms with Gasteiger partial charge in [0, 0.05) is 57.6 Å². The molecule has 0 radical (unpaired) electrons. The molecule has 8 aromatic heterocycles. The molecule has 9 heterocycles. The number of hydrogen-bond donors (Lipinski definition) is 0. The van der Waals surface area contributed by atoms with Crippen molar-refractivity contribution < 1.29 is 0 Å². The average molecular weight is 1710 g/mol. The highest BCUT2D eigenvalue weighted by atomic mass is 28.3. The van der Waals surface area contributed by atoms with E-state index in [0.717, 1.165) is 84.0 Å². The van der Waals surface area contributed by atoms with Gasteiger partial charge < -0.3 is 4.57 Å². The Morgan fingerprint density at radius 1 is 0.273 bits per heavy atom. The first kappa shape index (κ1) is 82.6. The SMILES string of the molecule is C(=C\c1ccc2cc(-c3ccccc3)ccc2n1)/c1ccc(/C=C/c2ccc3cc(-c4ccccc4)ccc3n2)cc1.Cc1cc(C)c(C2=C(c3cccc(-c4ccccn4)n3)[Si](C)(C)C(c3cccc(-c4ccccn4)n3)=C2c2c(C)cc(C)cc2C)c(C)c1.c1cncc(-c2ccc3ccc4c(-c5ccc(-n6c7ccccc7c7ccccc76)cc5)ccc5ccc2c3c54)c1. The first-order valence-corrected chi connectivity index (χ1v) is 48.2. The lowest BCUT2D eigenvalue weighted by atomic mass is 9.82. The Morgan fingerprint density at radius 2 is 0.674 bits per heavy atom. The van der Waals surface area contributed by atoms with Crippen molar-refractivity contribution in [1.29, 1.82) is 0 Å². The van der Waals surface area contributed by atoms with E-state index in [-0.39, 0.29) is 0 Å². The molecule has 14 aromatic carbocycles. The Morgan fingerprint density at radius 3 is 1.12 bits per heavy atom. The van der Waals surface area contributed by atoms with E-state index < -0.39 is 8.07 Å². The molecule has 0 atom stereocenters. The molecule has 0 N–H and O–H groups in total. The summed E-state index contributed by atoms with van der Waals surface area (Å²) in [5.41, 5.74) is 37.7. The molecule has 0 spiro atoms. The van der Waals surface area contributed by atoms with Crippen molar-refractivity contribution in [2.45, 2.75) is 54.6 Å². The molecule has 0 saturated carbocycles. The number of nitrogens with zero attached hydrogens (tertiary/aromatic N) is 8. The van der Waals surface area contributed by atoms with Crippen molar-refractivity contribution in [3.8, 4) is 73.0 Å². The highest BCUT2D eigenvalue weighted by molar-refractivity contribution is 7.13. The van der Waals surface area contributed by atoms with Crippen molar-refractivity contribution in [3.63, 3.8) is 0 Å². The van der Waals surface area contributed by atoms with Gasteiger partial charge in [-0.05, 0) is 306 Å². The maximum Gasteiger partial charge on any atom is 0.119 e. The number of para-hydroxylation sites is 2. The molecular weight excluding hydrogens is 1620 g/mol. The fourth-order valence-corrected chi connectivity index (χ4v) is 23.6. The molecule has 0 amide bonds. The van der Waals surface area contributed by atoms with Gasteiger partial charge in [0.15, 0.2) is 0 Å². The van der Waals surface area contributed by atoms with Crippen LogP contribution in [-0.4, -0.2) is 47.5 Å². The molecule has 22 aromatic rings. The minimum atomic E-state index is -2.55. The van der Waals surface area contributed by atoms with E-state index in [4.69, 9.17) is 19.9 Å². The monoisotopic (exact) mass is 1710 g/mol. The molecule has 132 heavy (non-hydrogen) atoms. The van der Waals surface area contributed by atoms with E-state index in [1.807, 2.05) is 79.4 Å². The van der Waals surface area contributed by atoms with Gasteiger partial charge in [-0.15, -0.1) is 0 Å². The Kier molecular flexibility index (Phi) is 22.1. The Hall–Kier alpha value is -16.3. The van der Waals surface area contributed by atoms with Gasteiger partial charge in [0.1, 0.15) is 8.07 Å². The van der Waals surface area contributed by atoms with Crippen LogP contribution in [0.2, 0.25) is 13.1 Å². The summed E-state index contributed by atoms with van der Waals surface area (Å²) in [5, 5.41) is 15.3. The van der Waals surface area contributed by atoms with Gasteiger partial charge in [-0.1, -0.05) is 297 Å². The third kappa shape index (κ3) is 16.1. The van der Waals surface area contributed by atoms with Gasteiger partial charge in [0.25, 0.3) is 0 Å². The quantitative estimate of drug-likeness (QED) is 0.0745. The largest absolute Gasteiger partial charge is 0.309 e. The summed E-state index contributed by atoms with van der Waals surface area (Å²) in [6.07, 6.45) is 15.8. The topological polar surface area (TPSA) is 95.2 Å². The van der Waals surface area contributed by atoms with Crippen LogP contribution in [-0.2, 0) is 0 Å². The Balaban J connectivity index is 0.000000120. The lowest BCUT2D eigenvalue weighted by Gasteiger charge is -2.26. The van der Waals surface area contributed by atoms with Gasteiger partial charge in [0.05, 0.1) is 67.6 Å². The second-order valence-corrected chi connectivity index (χ2v) is 39.3. The minimum absolute atomic E-state index is 0.870. The molecule has 9 heteroatoms. The zero-order valence-electron chi connectivity index (χ0n) is 75.0. The first-order valence-electron chi connectivity index (χ1n) is 45.2. The number of aryl methyl sites for hydroxylation is 6. The Bertz CT molecular complexity index is 7890. The maximum atomic E-state index is 5.41. The van der Waals surface area contributed by atoms with E-state index in [2.05, 4.69) is 420 Å². The summed E-state index contributed by atoms with van der Waals surface area (Å²) in [6.45, 7) is 18.4. The summed E-state index contributed by atoms with van der Waals surface area (Å²) in [6, 6.07) is 133. The van der Waals surface area contributed by atoms with E-state index >= 15 is 0 Å². The predicted molar refractivity (Wildman–Crippen MR) is 559 cm³/mol. The highest BCUT2D eigenvalue weighted by Gasteiger charge is 2.46. The van der Waals surface area contributed by atoms with Crippen LogP contribution in [0.5, 0.6) is 0 Å². The molecule has 1 aliphatic rings. The summed E-state index contributed by atoms with van der Waals surface area (Å²) in [4.78, 5) is 34.2. The number of pyridine rings is 7. The second kappa shape index (κ2) is 35.4.